The number of amides is 1. The molecule has 0 spiro atoms. The zero-order valence-electron chi connectivity index (χ0n) is 9.83. The van der Waals surface area contributed by atoms with Gasteiger partial charge in [0.2, 0.25) is 5.91 Å². The fraction of sp³-hybridized carbons (Fsp3) is 0.727. The lowest BCUT2D eigenvalue weighted by atomic mass is 10.2. The van der Waals surface area contributed by atoms with Crippen molar-refractivity contribution in [2.75, 3.05) is 39.3 Å². The number of hydrogen-bond donors (Lipinski definition) is 2. The van der Waals surface area contributed by atoms with E-state index in [1.165, 1.54) is 0 Å². The molecule has 0 bridgehead atoms. The van der Waals surface area contributed by atoms with Crippen molar-refractivity contribution in [1.82, 2.24) is 15.1 Å². The second kappa shape index (κ2) is 4.84. The lowest BCUT2D eigenvalue weighted by molar-refractivity contribution is -0.127. The second-order valence-electron chi connectivity index (χ2n) is 4.33. The van der Waals surface area contributed by atoms with E-state index in [-0.39, 0.29) is 5.91 Å². The third-order valence-electron chi connectivity index (χ3n) is 3.26. The molecule has 0 saturated carbocycles. The molecule has 0 radical (unpaired) electrons. The van der Waals surface area contributed by atoms with E-state index in [0.29, 0.717) is 18.8 Å². The van der Waals surface area contributed by atoms with Crippen molar-refractivity contribution >= 4 is 5.91 Å². The molecule has 2 rings (SSSR count). The molecular weight excluding hydrogens is 204 g/mol. The van der Waals surface area contributed by atoms with Crippen LogP contribution in [0.25, 0.3) is 0 Å². The molecule has 90 valence electrons. The highest BCUT2D eigenvalue weighted by Crippen LogP contribution is 2.21. The smallest absolute Gasteiger partial charge is 0.232 e. The minimum absolute atomic E-state index is 0.144. The molecule has 1 amide bonds. The standard InChI is InChI=1S/C11H20N4O/c1-2-15-10(16)7-9(11(15)12)8-14-5-3-13-4-6-14/h13H,2-8,12H2,1H3. The minimum Gasteiger partial charge on any atom is -0.385 e. The van der Waals surface area contributed by atoms with Gasteiger partial charge in [0.1, 0.15) is 5.82 Å². The molecule has 2 aliphatic heterocycles. The molecule has 2 aliphatic rings. The summed E-state index contributed by atoms with van der Waals surface area (Å²) < 4.78 is 0. The summed E-state index contributed by atoms with van der Waals surface area (Å²) in [6.07, 6.45) is 0.504. The highest BCUT2D eigenvalue weighted by atomic mass is 16.2. The molecular formula is C11H20N4O. The van der Waals surface area contributed by atoms with Crippen LogP contribution in [0.5, 0.6) is 0 Å². The summed E-state index contributed by atoms with van der Waals surface area (Å²) in [5.74, 6) is 0.830. The number of nitrogens with one attached hydrogen (secondary N) is 1. The predicted octanol–water partition coefficient (Wildman–Crippen LogP) is -0.686. The predicted molar refractivity (Wildman–Crippen MR) is 62.5 cm³/mol. The quantitative estimate of drug-likeness (QED) is 0.666. The van der Waals surface area contributed by atoms with Gasteiger partial charge in [-0.25, -0.2) is 0 Å². The van der Waals surface area contributed by atoms with Gasteiger partial charge < -0.3 is 11.1 Å². The average molecular weight is 224 g/mol. The lowest BCUT2D eigenvalue weighted by Gasteiger charge is -2.27. The maximum Gasteiger partial charge on any atom is 0.232 e. The minimum atomic E-state index is 0.144. The third-order valence-corrected chi connectivity index (χ3v) is 3.26. The summed E-state index contributed by atoms with van der Waals surface area (Å²) >= 11 is 0. The van der Waals surface area contributed by atoms with Gasteiger partial charge in [-0.3, -0.25) is 14.6 Å². The van der Waals surface area contributed by atoms with Gasteiger partial charge in [0, 0.05) is 39.3 Å². The molecule has 2 heterocycles. The monoisotopic (exact) mass is 224 g/mol. The first kappa shape index (κ1) is 11.4. The Morgan fingerprint density at radius 3 is 2.62 bits per heavy atom. The molecule has 1 saturated heterocycles. The molecule has 0 aromatic carbocycles. The van der Waals surface area contributed by atoms with Crippen LogP contribution in [-0.2, 0) is 4.79 Å². The van der Waals surface area contributed by atoms with E-state index in [0.717, 1.165) is 38.3 Å². The van der Waals surface area contributed by atoms with E-state index < -0.39 is 0 Å². The highest BCUT2D eigenvalue weighted by molar-refractivity contribution is 5.84. The van der Waals surface area contributed by atoms with Crippen LogP contribution < -0.4 is 11.1 Å². The lowest BCUT2D eigenvalue weighted by Crippen LogP contribution is -2.44. The summed E-state index contributed by atoms with van der Waals surface area (Å²) in [5, 5.41) is 3.31. The van der Waals surface area contributed by atoms with Crippen molar-refractivity contribution in [3.63, 3.8) is 0 Å². The number of nitrogens with two attached hydrogens (primary N) is 1. The average Bonchev–Trinajstić information content (AvgIpc) is 2.55. The normalized spacial score (nSPS) is 23.3. The Bertz CT molecular complexity index is 307. The maximum atomic E-state index is 11.6. The van der Waals surface area contributed by atoms with Gasteiger partial charge >= 0.3 is 0 Å². The van der Waals surface area contributed by atoms with Gasteiger partial charge in [-0.15, -0.1) is 0 Å². The highest BCUT2D eigenvalue weighted by Gasteiger charge is 2.28. The Labute approximate surface area is 96.3 Å². The summed E-state index contributed by atoms with van der Waals surface area (Å²) in [7, 11) is 0. The Hall–Kier alpha value is -1.07. The SMILES string of the molecule is CCN1C(=O)CC(CN2CCNCC2)=C1N. The molecule has 0 aromatic rings. The summed E-state index contributed by atoms with van der Waals surface area (Å²) in [4.78, 5) is 15.7. The third kappa shape index (κ3) is 2.20. The fourth-order valence-corrected chi connectivity index (χ4v) is 2.32. The molecule has 1 fully saturated rings. The molecule has 0 atom stereocenters. The van der Waals surface area contributed by atoms with E-state index in [9.17, 15) is 4.79 Å². The molecule has 0 aliphatic carbocycles. The topological polar surface area (TPSA) is 61.6 Å². The first-order valence-electron chi connectivity index (χ1n) is 5.93. The molecule has 5 nitrogen and oxygen atoms in total. The number of nitrogens with zero attached hydrogens (tertiary/aromatic N) is 2. The van der Waals surface area contributed by atoms with E-state index in [2.05, 4.69) is 10.2 Å². The number of piperazine rings is 1. The van der Waals surface area contributed by atoms with Crippen LogP contribution in [0.4, 0.5) is 0 Å². The first-order valence-corrected chi connectivity index (χ1v) is 5.93. The van der Waals surface area contributed by atoms with Gasteiger partial charge in [0.05, 0.1) is 6.42 Å². The van der Waals surface area contributed by atoms with Crippen LogP contribution in [0.3, 0.4) is 0 Å². The van der Waals surface area contributed by atoms with E-state index >= 15 is 0 Å². The van der Waals surface area contributed by atoms with Crippen molar-refractivity contribution < 1.29 is 4.79 Å². The molecule has 3 N–H and O–H groups in total. The number of carbonyl (C=O) groups excluding carboxylic acids is 1. The summed E-state index contributed by atoms with van der Waals surface area (Å²) in [6.45, 7) is 7.61. The largest absolute Gasteiger partial charge is 0.385 e. The van der Waals surface area contributed by atoms with Crippen molar-refractivity contribution in [3.05, 3.63) is 11.4 Å². The summed E-state index contributed by atoms with van der Waals surface area (Å²) in [6, 6.07) is 0. The molecule has 16 heavy (non-hydrogen) atoms. The van der Waals surface area contributed by atoms with E-state index in [1.807, 2.05) is 6.92 Å². The van der Waals surface area contributed by atoms with Gasteiger partial charge in [0.25, 0.3) is 0 Å². The van der Waals surface area contributed by atoms with Crippen LogP contribution >= 0.6 is 0 Å². The Balaban J connectivity index is 1.98. The zero-order chi connectivity index (χ0) is 11.5. The van der Waals surface area contributed by atoms with Crippen molar-refractivity contribution in [1.29, 1.82) is 0 Å². The molecule has 0 unspecified atom stereocenters. The van der Waals surface area contributed by atoms with Crippen LogP contribution in [0.1, 0.15) is 13.3 Å². The Kier molecular flexibility index (Phi) is 3.46. The zero-order valence-corrected chi connectivity index (χ0v) is 9.83. The molecule has 0 aromatic heterocycles. The number of rotatable bonds is 3. The van der Waals surface area contributed by atoms with Crippen LogP contribution in [0.2, 0.25) is 0 Å². The van der Waals surface area contributed by atoms with Crippen molar-refractivity contribution in [2.45, 2.75) is 13.3 Å². The first-order chi connectivity index (χ1) is 7.72. The summed E-state index contributed by atoms with van der Waals surface area (Å²) in [5.41, 5.74) is 7.08. The van der Waals surface area contributed by atoms with E-state index in [1.54, 1.807) is 4.90 Å². The molecule has 5 heteroatoms. The van der Waals surface area contributed by atoms with Gasteiger partial charge in [-0.2, -0.15) is 0 Å². The Morgan fingerprint density at radius 2 is 2.06 bits per heavy atom. The van der Waals surface area contributed by atoms with Gasteiger partial charge in [-0.05, 0) is 12.5 Å². The van der Waals surface area contributed by atoms with E-state index in [4.69, 9.17) is 5.73 Å². The van der Waals surface area contributed by atoms with Gasteiger partial charge in [0.15, 0.2) is 0 Å². The maximum absolute atomic E-state index is 11.6. The van der Waals surface area contributed by atoms with Crippen LogP contribution in [0.15, 0.2) is 11.4 Å². The fourth-order valence-electron chi connectivity index (χ4n) is 2.32. The van der Waals surface area contributed by atoms with Crippen molar-refractivity contribution in [2.24, 2.45) is 5.73 Å². The van der Waals surface area contributed by atoms with Gasteiger partial charge in [-0.1, -0.05) is 0 Å². The van der Waals surface area contributed by atoms with Crippen molar-refractivity contribution in [3.8, 4) is 0 Å². The van der Waals surface area contributed by atoms with Crippen LogP contribution in [0, 0.1) is 0 Å². The second-order valence-corrected chi connectivity index (χ2v) is 4.33. The Morgan fingerprint density at radius 1 is 1.38 bits per heavy atom. The number of carbonyl (C=O) groups is 1. The van der Waals surface area contributed by atoms with Crippen LogP contribution in [-0.4, -0.2) is 55.0 Å². The number of hydrogen-bond acceptors (Lipinski definition) is 4.